The zero-order valence-corrected chi connectivity index (χ0v) is 12.8. The lowest BCUT2D eigenvalue weighted by atomic mass is 9.93. The van der Waals surface area contributed by atoms with Crippen molar-refractivity contribution in [3.05, 3.63) is 35.9 Å². The SMILES string of the molecule is CCC(NC(=O)NC(CC)(CC)C(=O)O)c1ccccc1. The van der Waals surface area contributed by atoms with Crippen LogP contribution in [-0.2, 0) is 4.79 Å². The number of carbonyl (C=O) groups is 2. The van der Waals surface area contributed by atoms with Crippen molar-refractivity contribution in [3.8, 4) is 0 Å². The Morgan fingerprint density at radius 2 is 1.71 bits per heavy atom. The number of amides is 2. The number of nitrogens with one attached hydrogen (secondary N) is 2. The minimum Gasteiger partial charge on any atom is -0.480 e. The van der Waals surface area contributed by atoms with E-state index in [1.54, 1.807) is 13.8 Å². The van der Waals surface area contributed by atoms with Crippen LogP contribution < -0.4 is 10.6 Å². The van der Waals surface area contributed by atoms with Gasteiger partial charge in [-0.15, -0.1) is 0 Å². The predicted molar refractivity (Wildman–Crippen MR) is 82.1 cm³/mol. The molecule has 0 spiro atoms. The van der Waals surface area contributed by atoms with Gasteiger partial charge in [-0.3, -0.25) is 0 Å². The molecule has 0 aliphatic rings. The number of carbonyl (C=O) groups excluding carboxylic acids is 1. The molecule has 1 atom stereocenters. The molecule has 0 radical (unpaired) electrons. The fourth-order valence-electron chi connectivity index (χ4n) is 2.30. The molecule has 21 heavy (non-hydrogen) atoms. The third-order valence-corrected chi connectivity index (χ3v) is 3.88. The first kappa shape index (κ1) is 17.0. The standard InChI is InChI=1S/C16H24N2O3/c1-4-13(12-10-8-7-9-11-12)17-15(21)18-16(5-2,6-3)14(19)20/h7-11,13H,4-6H2,1-3H3,(H,19,20)(H2,17,18,21). The van der Waals surface area contributed by atoms with E-state index in [2.05, 4.69) is 10.6 Å². The molecule has 0 saturated carbocycles. The number of carboxylic acid groups (broad SMARTS) is 1. The molecule has 0 aliphatic heterocycles. The lowest BCUT2D eigenvalue weighted by Crippen LogP contribution is -2.56. The van der Waals surface area contributed by atoms with Gasteiger partial charge < -0.3 is 15.7 Å². The van der Waals surface area contributed by atoms with Crippen LogP contribution in [0, 0.1) is 0 Å². The average molecular weight is 292 g/mol. The van der Waals surface area contributed by atoms with Crippen molar-refractivity contribution >= 4 is 12.0 Å². The van der Waals surface area contributed by atoms with Crippen LogP contribution >= 0.6 is 0 Å². The minimum absolute atomic E-state index is 0.133. The normalized spacial score (nSPS) is 12.5. The molecule has 2 amide bonds. The number of urea groups is 1. The number of aliphatic carboxylic acids is 1. The molecule has 1 aromatic carbocycles. The van der Waals surface area contributed by atoms with E-state index >= 15 is 0 Å². The summed E-state index contributed by atoms with van der Waals surface area (Å²) in [5.74, 6) is -1.00. The number of hydrogen-bond acceptors (Lipinski definition) is 2. The highest BCUT2D eigenvalue weighted by molar-refractivity contribution is 5.86. The summed E-state index contributed by atoms with van der Waals surface area (Å²) in [6, 6.07) is 9.05. The maximum Gasteiger partial charge on any atom is 0.329 e. The van der Waals surface area contributed by atoms with Crippen molar-refractivity contribution < 1.29 is 14.7 Å². The molecule has 5 heteroatoms. The maximum absolute atomic E-state index is 12.1. The van der Waals surface area contributed by atoms with Gasteiger partial charge in [-0.05, 0) is 24.8 Å². The maximum atomic E-state index is 12.1. The Morgan fingerprint density at radius 3 is 2.14 bits per heavy atom. The van der Waals surface area contributed by atoms with Gasteiger partial charge in [0.05, 0.1) is 6.04 Å². The van der Waals surface area contributed by atoms with E-state index in [-0.39, 0.29) is 6.04 Å². The van der Waals surface area contributed by atoms with E-state index in [9.17, 15) is 14.7 Å². The van der Waals surface area contributed by atoms with Crippen LogP contribution in [0.15, 0.2) is 30.3 Å². The quantitative estimate of drug-likeness (QED) is 0.722. The molecule has 0 aliphatic carbocycles. The first-order valence-corrected chi connectivity index (χ1v) is 7.36. The number of hydrogen-bond donors (Lipinski definition) is 3. The predicted octanol–water partition coefficient (Wildman–Crippen LogP) is 3.08. The lowest BCUT2D eigenvalue weighted by Gasteiger charge is -2.29. The molecule has 3 N–H and O–H groups in total. The highest BCUT2D eigenvalue weighted by Gasteiger charge is 2.36. The highest BCUT2D eigenvalue weighted by Crippen LogP contribution is 2.18. The Labute approximate surface area is 125 Å². The van der Waals surface area contributed by atoms with Gasteiger partial charge in [0.15, 0.2) is 0 Å². The number of rotatable bonds is 7. The van der Waals surface area contributed by atoms with Crippen LogP contribution in [0.5, 0.6) is 0 Å². The Hall–Kier alpha value is -2.04. The molecule has 1 rings (SSSR count). The van der Waals surface area contributed by atoms with Gasteiger partial charge in [0, 0.05) is 0 Å². The molecule has 0 fully saturated rings. The molecular weight excluding hydrogens is 268 g/mol. The van der Waals surface area contributed by atoms with Gasteiger partial charge in [0.25, 0.3) is 0 Å². The Morgan fingerprint density at radius 1 is 1.14 bits per heavy atom. The van der Waals surface area contributed by atoms with Crippen molar-refractivity contribution in [2.45, 2.75) is 51.6 Å². The van der Waals surface area contributed by atoms with E-state index in [0.717, 1.165) is 12.0 Å². The van der Waals surface area contributed by atoms with E-state index in [1.165, 1.54) is 0 Å². The minimum atomic E-state index is -1.21. The third-order valence-electron chi connectivity index (χ3n) is 3.88. The van der Waals surface area contributed by atoms with Crippen molar-refractivity contribution in [2.24, 2.45) is 0 Å². The van der Waals surface area contributed by atoms with Crippen LogP contribution in [0.1, 0.15) is 51.6 Å². The summed E-state index contributed by atoms with van der Waals surface area (Å²) < 4.78 is 0. The molecule has 0 aromatic heterocycles. The largest absolute Gasteiger partial charge is 0.480 e. The summed E-state index contributed by atoms with van der Waals surface area (Å²) in [5, 5.41) is 14.8. The van der Waals surface area contributed by atoms with E-state index in [0.29, 0.717) is 12.8 Å². The fraction of sp³-hybridized carbons (Fsp3) is 0.500. The Balaban J connectivity index is 2.77. The van der Waals surface area contributed by atoms with E-state index in [1.807, 2.05) is 37.3 Å². The molecule has 5 nitrogen and oxygen atoms in total. The van der Waals surface area contributed by atoms with Crippen molar-refractivity contribution in [1.82, 2.24) is 10.6 Å². The summed E-state index contributed by atoms with van der Waals surface area (Å²) in [4.78, 5) is 23.5. The second kappa shape index (κ2) is 7.67. The molecule has 0 saturated heterocycles. The summed E-state index contributed by atoms with van der Waals surface area (Å²) in [5.41, 5.74) is -0.205. The average Bonchev–Trinajstić information content (AvgIpc) is 2.51. The summed E-state index contributed by atoms with van der Waals surface area (Å²) in [7, 11) is 0. The number of carboxylic acids is 1. The second-order valence-corrected chi connectivity index (χ2v) is 5.06. The molecule has 1 unspecified atom stereocenters. The first-order chi connectivity index (χ1) is 9.99. The van der Waals surface area contributed by atoms with Gasteiger partial charge in [0.1, 0.15) is 5.54 Å². The van der Waals surface area contributed by atoms with Crippen LogP contribution in [0.4, 0.5) is 4.79 Å². The fourth-order valence-corrected chi connectivity index (χ4v) is 2.30. The van der Waals surface area contributed by atoms with Gasteiger partial charge in [-0.2, -0.15) is 0 Å². The van der Waals surface area contributed by atoms with Crippen LogP contribution in [0.2, 0.25) is 0 Å². The Bertz CT molecular complexity index is 470. The number of benzene rings is 1. The monoisotopic (exact) mass is 292 g/mol. The van der Waals surface area contributed by atoms with Crippen LogP contribution in [-0.4, -0.2) is 22.6 Å². The van der Waals surface area contributed by atoms with Gasteiger partial charge in [-0.1, -0.05) is 51.1 Å². The lowest BCUT2D eigenvalue weighted by molar-refractivity contribution is -0.144. The highest BCUT2D eigenvalue weighted by atomic mass is 16.4. The smallest absolute Gasteiger partial charge is 0.329 e. The molecule has 0 heterocycles. The second-order valence-electron chi connectivity index (χ2n) is 5.06. The zero-order valence-electron chi connectivity index (χ0n) is 12.8. The van der Waals surface area contributed by atoms with Gasteiger partial charge in [0.2, 0.25) is 0 Å². The summed E-state index contributed by atoms with van der Waals surface area (Å²) >= 11 is 0. The molecular formula is C16H24N2O3. The molecule has 0 bridgehead atoms. The molecule has 116 valence electrons. The zero-order chi connectivity index (χ0) is 15.9. The summed E-state index contributed by atoms with van der Waals surface area (Å²) in [6.07, 6.45) is 1.42. The molecule has 1 aromatic rings. The first-order valence-electron chi connectivity index (χ1n) is 7.36. The topological polar surface area (TPSA) is 78.4 Å². The van der Waals surface area contributed by atoms with Crippen molar-refractivity contribution in [3.63, 3.8) is 0 Å². The van der Waals surface area contributed by atoms with E-state index < -0.39 is 17.5 Å². The van der Waals surface area contributed by atoms with E-state index in [4.69, 9.17) is 0 Å². The Kier molecular flexibility index (Phi) is 6.21. The van der Waals surface area contributed by atoms with Crippen molar-refractivity contribution in [2.75, 3.05) is 0 Å². The summed E-state index contributed by atoms with van der Waals surface area (Å²) in [6.45, 7) is 5.49. The van der Waals surface area contributed by atoms with Crippen LogP contribution in [0.25, 0.3) is 0 Å². The van der Waals surface area contributed by atoms with Crippen LogP contribution in [0.3, 0.4) is 0 Å². The van der Waals surface area contributed by atoms with Crippen molar-refractivity contribution in [1.29, 1.82) is 0 Å². The van der Waals surface area contributed by atoms with Gasteiger partial charge >= 0.3 is 12.0 Å². The van der Waals surface area contributed by atoms with Gasteiger partial charge in [-0.25, -0.2) is 9.59 Å². The third kappa shape index (κ3) is 4.21.